The average molecular weight is 394 g/mol. The Morgan fingerprint density at radius 1 is 1.14 bits per heavy atom. The van der Waals surface area contributed by atoms with E-state index in [4.69, 9.17) is 4.74 Å². The molecular weight excluding hydrogens is 362 g/mol. The molecule has 0 spiro atoms. The van der Waals surface area contributed by atoms with Crippen LogP contribution in [0.5, 0.6) is 11.5 Å². The van der Waals surface area contributed by atoms with Gasteiger partial charge in [-0.25, -0.2) is 0 Å². The summed E-state index contributed by atoms with van der Waals surface area (Å²) in [5.74, 6) is 2.00. The van der Waals surface area contributed by atoms with Crippen LogP contribution in [0.1, 0.15) is 44.2 Å². The molecule has 0 atom stereocenters. The number of ether oxygens (including phenoxy) is 1. The summed E-state index contributed by atoms with van der Waals surface area (Å²) in [6.07, 6.45) is 6.13. The smallest absolute Gasteiger partial charge is 0.246 e. The fourth-order valence-electron chi connectivity index (χ4n) is 3.77. The second kappa shape index (κ2) is 9.27. The van der Waals surface area contributed by atoms with Gasteiger partial charge < -0.3 is 14.7 Å². The second-order valence-corrected chi connectivity index (χ2v) is 8.57. The van der Waals surface area contributed by atoms with Gasteiger partial charge in [0.05, 0.1) is 5.60 Å². The molecule has 1 aliphatic heterocycles. The quantitative estimate of drug-likeness (QED) is 0.686. The summed E-state index contributed by atoms with van der Waals surface area (Å²) < 4.78 is 6.00. The number of hydrogen-bond donors (Lipinski definition) is 1. The van der Waals surface area contributed by atoms with E-state index in [-0.39, 0.29) is 5.91 Å². The number of para-hydroxylation sites is 1. The van der Waals surface area contributed by atoms with E-state index in [1.807, 2.05) is 80.3 Å². The minimum atomic E-state index is -0.641. The van der Waals surface area contributed by atoms with Crippen molar-refractivity contribution in [3.05, 3.63) is 65.7 Å². The number of nitrogens with zero attached hydrogens (tertiary/aromatic N) is 1. The van der Waals surface area contributed by atoms with Gasteiger partial charge in [0.25, 0.3) is 0 Å². The number of carbonyl (C=O) groups is 1. The molecule has 0 unspecified atom stereocenters. The summed E-state index contributed by atoms with van der Waals surface area (Å²) in [4.78, 5) is 14.5. The Morgan fingerprint density at radius 2 is 1.79 bits per heavy atom. The van der Waals surface area contributed by atoms with Crippen LogP contribution in [-0.2, 0) is 4.79 Å². The molecule has 0 aromatic heterocycles. The van der Waals surface area contributed by atoms with Crippen molar-refractivity contribution in [3.8, 4) is 11.5 Å². The van der Waals surface area contributed by atoms with Crippen molar-refractivity contribution < 1.29 is 14.6 Å². The Labute approximate surface area is 173 Å². The largest absolute Gasteiger partial charge is 0.457 e. The molecule has 0 aliphatic carbocycles. The minimum absolute atomic E-state index is 0.0249. The maximum absolute atomic E-state index is 12.6. The molecule has 0 radical (unpaired) electrons. The van der Waals surface area contributed by atoms with E-state index in [1.165, 1.54) is 5.56 Å². The Balaban J connectivity index is 1.60. The number of amides is 1. The number of aliphatic hydroxyl groups is 1. The number of carbonyl (C=O) groups excluding carboxylic acids is 1. The number of rotatable bonds is 6. The van der Waals surface area contributed by atoms with Crippen molar-refractivity contribution in [2.75, 3.05) is 13.1 Å². The first-order valence-electron chi connectivity index (χ1n) is 10.3. The highest BCUT2D eigenvalue weighted by Gasteiger charge is 2.26. The Hall–Kier alpha value is -2.59. The van der Waals surface area contributed by atoms with Gasteiger partial charge in [-0.1, -0.05) is 35.9 Å². The van der Waals surface area contributed by atoms with Gasteiger partial charge in [0.2, 0.25) is 5.91 Å². The summed E-state index contributed by atoms with van der Waals surface area (Å²) in [6.45, 7) is 7.23. The monoisotopic (exact) mass is 393 g/mol. The number of hydrogen-bond acceptors (Lipinski definition) is 3. The fourth-order valence-corrected chi connectivity index (χ4v) is 3.77. The SMILES string of the molecule is Cc1ccc(Oc2ccccc2/C=C/C(=O)N2CCC(CC(C)(C)O)CC2)cc1. The predicted molar refractivity (Wildman–Crippen MR) is 117 cm³/mol. The molecule has 1 saturated heterocycles. The molecule has 3 rings (SSSR count). The summed E-state index contributed by atoms with van der Waals surface area (Å²) in [5, 5.41) is 10.00. The maximum Gasteiger partial charge on any atom is 0.246 e. The zero-order chi connectivity index (χ0) is 20.9. The zero-order valence-electron chi connectivity index (χ0n) is 17.6. The third kappa shape index (κ3) is 6.47. The molecule has 1 aliphatic rings. The van der Waals surface area contributed by atoms with Crippen molar-refractivity contribution in [2.45, 2.75) is 45.6 Å². The summed E-state index contributed by atoms with van der Waals surface area (Å²) in [5.41, 5.74) is 1.42. The highest BCUT2D eigenvalue weighted by molar-refractivity contribution is 5.92. The van der Waals surface area contributed by atoms with Gasteiger partial charge in [-0.2, -0.15) is 0 Å². The lowest BCUT2D eigenvalue weighted by Crippen LogP contribution is -2.39. The van der Waals surface area contributed by atoms with E-state index in [2.05, 4.69) is 0 Å². The summed E-state index contributed by atoms with van der Waals surface area (Å²) >= 11 is 0. The van der Waals surface area contributed by atoms with Gasteiger partial charge in [-0.05, 0) is 70.2 Å². The number of aryl methyl sites for hydroxylation is 1. The minimum Gasteiger partial charge on any atom is -0.457 e. The van der Waals surface area contributed by atoms with Crippen LogP contribution in [0.15, 0.2) is 54.6 Å². The third-order valence-electron chi connectivity index (χ3n) is 5.29. The maximum atomic E-state index is 12.6. The van der Waals surface area contributed by atoms with Crippen molar-refractivity contribution in [1.82, 2.24) is 4.90 Å². The van der Waals surface area contributed by atoms with Gasteiger partial charge >= 0.3 is 0 Å². The van der Waals surface area contributed by atoms with Gasteiger partial charge in [0, 0.05) is 24.7 Å². The van der Waals surface area contributed by atoms with E-state index in [1.54, 1.807) is 6.08 Å². The van der Waals surface area contributed by atoms with Gasteiger partial charge in [-0.3, -0.25) is 4.79 Å². The van der Waals surface area contributed by atoms with Gasteiger partial charge in [0.1, 0.15) is 11.5 Å². The second-order valence-electron chi connectivity index (χ2n) is 8.57. The Kier molecular flexibility index (Phi) is 6.75. The van der Waals surface area contributed by atoms with E-state index in [0.29, 0.717) is 5.92 Å². The van der Waals surface area contributed by atoms with E-state index in [9.17, 15) is 9.90 Å². The molecular formula is C25H31NO3. The van der Waals surface area contributed by atoms with Gasteiger partial charge in [-0.15, -0.1) is 0 Å². The summed E-state index contributed by atoms with van der Waals surface area (Å²) in [7, 11) is 0. The van der Waals surface area contributed by atoms with Gasteiger partial charge in [0.15, 0.2) is 0 Å². The molecule has 29 heavy (non-hydrogen) atoms. The molecule has 1 fully saturated rings. The molecule has 0 bridgehead atoms. The standard InChI is InChI=1S/C25H31NO3/c1-19-8-11-22(12-9-19)29-23-7-5-4-6-21(23)10-13-24(27)26-16-14-20(15-17-26)18-25(2,3)28/h4-13,20,28H,14-18H2,1-3H3/b13-10+. The Morgan fingerprint density at radius 3 is 2.45 bits per heavy atom. The first-order chi connectivity index (χ1) is 13.8. The molecule has 1 amide bonds. The van der Waals surface area contributed by atoms with Crippen LogP contribution in [0, 0.1) is 12.8 Å². The number of benzene rings is 2. The van der Waals surface area contributed by atoms with E-state index >= 15 is 0 Å². The molecule has 4 heteroatoms. The lowest BCUT2D eigenvalue weighted by atomic mass is 9.86. The molecule has 154 valence electrons. The molecule has 4 nitrogen and oxygen atoms in total. The van der Waals surface area contributed by atoms with Crippen LogP contribution in [0.3, 0.4) is 0 Å². The van der Waals surface area contributed by atoms with Crippen molar-refractivity contribution in [3.63, 3.8) is 0 Å². The lowest BCUT2D eigenvalue weighted by Gasteiger charge is -2.34. The molecule has 2 aromatic carbocycles. The van der Waals surface area contributed by atoms with Crippen molar-refractivity contribution in [1.29, 1.82) is 0 Å². The van der Waals surface area contributed by atoms with Crippen molar-refractivity contribution >= 4 is 12.0 Å². The van der Waals surface area contributed by atoms with Crippen LogP contribution in [-0.4, -0.2) is 34.6 Å². The first kappa shape index (κ1) is 21.1. The van der Waals surface area contributed by atoms with Crippen LogP contribution in [0.2, 0.25) is 0 Å². The van der Waals surface area contributed by atoms with Crippen LogP contribution >= 0.6 is 0 Å². The van der Waals surface area contributed by atoms with Crippen LogP contribution in [0.25, 0.3) is 6.08 Å². The van der Waals surface area contributed by atoms with E-state index < -0.39 is 5.60 Å². The van der Waals surface area contributed by atoms with E-state index in [0.717, 1.165) is 49.4 Å². The molecule has 0 saturated carbocycles. The highest BCUT2D eigenvalue weighted by atomic mass is 16.5. The topological polar surface area (TPSA) is 49.8 Å². The first-order valence-corrected chi connectivity index (χ1v) is 10.3. The molecule has 1 heterocycles. The number of likely N-dealkylation sites (tertiary alicyclic amines) is 1. The number of piperidine rings is 1. The molecule has 1 N–H and O–H groups in total. The van der Waals surface area contributed by atoms with Crippen LogP contribution in [0.4, 0.5) is 0 Å². The fraction of sp³-hybridized carbons (Fsp3) is 0.400. The van der Waals surface area contributed by atoms with Crippen LogP contribution < -0.4 is 4.74 Å². The normalized spacial score (nSPS) is 15.7. The highest BCUT2D eigenvalue weighted by Crippen LogP contribution is 2.28. The lowest BCUT2D eigenvalue weighted by molar-refractivity contribution is -0.127. The Bertz CT molecular complexity index is 841. The average Bonchev–Trinajstić information content (AvgIpc) is 2.68. The predicted octanol–water partition coefficient (Wildman–Crippen LogP) is 5.20. The molecule has 2 aromatic rings. The van der Waals surface area contributed by atoms with Crippen molar-refractivity contribution in [2.24, 2.45) is 5.92 Å². The zero-order valence-corrected chi connectivity index (χ0v) is 17.6. The summed E-state index contributed by atoms with van der Waals surface area (Å²) in [6, 6.07) is 15.6. The third-order valence-corrected chi connectivity index (χ3v) is 5.29.